The Morgan fingerprint density at radius 2 is 0.725 bits per heavy atom. The molecule has 1 heterocycles. The molecule has 7 nitrogen and oxygen atoms in total. The van der Waals surface area contributed by atoms with Gasteiger partial charge in [-0.1, -0.05) is 369 Å². The van der Waals surface area contributed by atoms with Crippen molar-refractivity contribution in [1.29, 1.82) is 0 Å². The highest BCUT2D eigenvalue weighted by molar-refractivity contribution is 7.00. The quantitative estimate of drug-likeness (QED) is 0.0232. The number of hydrogen-bond acceptors (Lipinski definition) is 7. The second-order valence-electron chi connectivity index (χ2n) is 36.9. The lowest BCUT2D eigenvalue weighted by atomic mass is 9.55. The number of aromatic carboxylic acids is 1. The number of fused-ring (bicyclic) bond motifs is 9. The number of rotatable bonds is 41. The predicted octanol–water partition coefficient (Wildman–Crippen LogP) is 33.7. The number of aromatic nitrogens is 2. The van der Waals surface area contributed by atoms with Gasteiger partial charge in [-0.15, -0.1) is 0 Å². The summed E-state index contributed by atoms with van der Waals surface area (Å²) in [5.41, 5.74) is 26.6. The van der Waals surface area contributed by atoms with Crippen LogP contribution in [0.4, 0.5) is 17.1 Å². The molecule has 0 amide bonds. The van der Waals surface area contributed by atoms with E-state index in [1.165, 1.54) is 220 Å². The number of aryl methyl sites for hydroxylation is 4. The van der Waals surface area contributed by atoms with E-state index in [9.17, 15) is 9.90 Å². The fraction of sp³-hybridized carbons (Fsp3) is 0.309. The van der Waals surface area contributed by atoms with Crippen LogP contribution in [-0.4, -0.2) is 33.0 Å². The van der Waals surface area contributed by atoms with E-state index in [-0.39, 0.29) is 5.56 Å². The van der Waals surface area contributed by atoms with E-state index in [0.717, 1.165) is 160 Å². The Bertz CT molecular complexity index is 6590. The van der Waals surface area contributed by atoms with E-state index in [0.29, 0.717) is 18.7 Å². The minimum atomic E-state index is -0.964. The molecule has 0 aliphatic heterocycles. The molecule has 131 heavy (non-hydrogen) atoms. The topological polar surface area (TPSA) is 84.8 Å². The third-order valence-electron chi connectivity index (χ3n) is 28.3. The minimum Gasteiger partial charge on any atom is -0.494 e. The normalized spacial score (nSPS) is 12.8. The van der Waals surface area contributed by atoms with Gasteiger partial charge in [-0.3, -0.25) is 0 Å². The van der Waals surface area contributed by atoms with Crippen molar-refractivity contribution in [3.8, 4) is 56.7 Å². The van der Waals surface area contributed by atoms with Crippen LogP contribution in [0.15, 0.2) is 279 Å². The number of carbonyl (C=O) groups is 1. The van der Waals surface area contributed by atoms with Gasteiger partial charge in [0.05, 0.1) is 52.6 Å². The summed E-state index contributed by atoms with van der Waals surface area (Å²) >= 11 is 1.17. The van der Waals surface area contributed by atoms with Gasteiger partial charge in [0.15, 0.2) is 0 Å². The third-order valence-corrected chi connectivity index (χ3v) is 28.9. The standard InChI is InChI=1S/C123H125N3O4S/c1-7-13-19-25-37-85-49-63-92(64-50-85)122(93-65-51-86(52-66-93)38-26-20-14-8-2)110-47-35-45-104-102(80-62-90-61-79-100(119-118(90)124-131-125-119)89-57-59-91(60-58-89)121(127)128)101-41-29-30-42-103(101)114(116(104)110)108-83-113-109(84-112(108)122)115-105-43-31-32-44-106(105)120(126(96-71-75-98(76-72-96)129-81-33-23-17-11-5)97-73-77-99(78-74-97)130-82-34-24-18-12-6)107-46-36-48-111(117(107)115)123(113,94-67-53-87(54-68-94)39-27-21-15-9-3)95-69-55-88(56-70-95)40-28-22-16-10-4/h29-32,35-36,41-61,63-79,83-84H,7-28,33-34,37-40,81-82H2,1-6H3,(H,127,128). The summed E-state index contributed by atoms with van der Waals surface area (Å²) < 4.78 is 23.1. The first-order chi connectivity index (χ1) is 64.6. The van der Waals surface area contributed by atoms with Gasteiger partial charge in [-0.05, 0) is 270 Å². The summed E-state index contributed by atoms with van der Waals surface area (Å²) in [5.74, 6) is 8.55. The van der Waals surface area contributed by atoms with Crippen LogP contribution in [0, 0.1) is 11.8 Å². The third kappa shape index (κ3) is 17.7. The first kappa shape index (κ1) is 89.2. The summed E-state index contributed by atoms with van der Waals surface area (Å²) in [4.78, 5) is 14.6. The Hall–Kier alpha value is -12.4. The number of ether oxygens (including phenoxy) is 2. The number of anilines is 3. The van der Waals surface area contributed by atoms with Crippen molar-refractivity contribution in [2.45, 2.75) is 232 Å². The smallest absolute Gasteiger partial charge is 0.335 e. The molecule has 0 saturated carbocycles. The molecule has 0 fully saturated rings. The second kappa shape index (κ2) is 41.4. The number of carboxylic acid groups (broad SMARTS) is 1. The number of hydrogen-bond donors (Lipinski definition) is 1. The summed E-state index contributed by atoms with van der Waals surface area (Å²) in [7, 11) is 0. The average Bonchev–Trinajstić information content (AvgIpc) is 0.885. The van der Waals surface area contributed by atoms with Gasteiger partial charge in [0.25, 0.3) is 0 Å². The molecule has 2 aliphatic rings. The Labute approximate surface area is 781 Å². The molecule has 0 unspecified atom stereocenters. The van der Waals surface area contributed by atoms with Gasteiger partial charge < -0.3 is 19.5 Å². The molecule has 16 aromatic rings. The first-order valence-electron chi connectivity index (χ1n) is 49.5. The van der Waals surface area contributed by atoms with Gasteiger partial charge in [0.1, 0.15) is 22.5 Å². The Kier molecular flexibility index (Phi) is 28.2. The van der Waals surface area contributed by atoms with Crippen LogP contribution in [0.1, 0.15) is 284 Å². The second-order valence-corrected chi connectivity index (χ2v) is 37.4. The molecular weight excluding hydrogens is 1620 g/mol. The van der Waals surface area contributed by atoms with Gasteiger partial charge in [0, 0.05) is 33.3 Å². The van der Waals surface area contributed by atoms with Crippen LogP contribution in [-0.2, 0) is 36.5 Å². The van der Waals surface area contributed by atoms with Gasteiger partial charge in [-0.25, -0.2) is 4.79 Å². The van der Waals surface area contributed by atoms with Gasteiger partial charge in [0.2, 0.25) is 0 Å². The van der Waals surface area contributed by atoms with E-state index < -0.39 is 16.8 Å². The van der Waals surface area contributed by atoms with Crippen LogP contribution in [0.25, 0.3) is 87.5 Å². The van der Waals surface area contributed by atoms with Crippen LogP contribution >= 0.6 is 11.7 Å². The van der Waals surface area contributed by atoms with Crippen molar-refractivity contribution in [3.05, 3.63) is 363 Å². The molecule has 2 aliphatic carbocycles. The highest BCUT2D eigenvalue weighted by atomic mass is 32.1. The average molecular weight is 1740 g/mol. The number of carboxylic acids is 1. The lowest BCUT2D eigenvalue weighted by molar-refractivity contribution is 0.0696. The van der Waals surface area contributed by atoms with Crippen LogP contribution in [0.3, 0.4) is 0 Å². The number of benzene rings is 15. The molecule has 15 aromatic carbocycles. The molecule has 1 aromatic heterocycles. The van der Waals surface area contributed by atoms with Crippen molar-refractivity contribution in [2.24, 2.45) is 0 Å². The molecule has 662 valence electrons. The SMILES string of the molecule is CCCCCCOc1ccc(N(c2ccc(OCCCCCC)cc2)c2c3ccccc3c3c4c(cccc24)C(c2ccc(CCCCCC)cc2)(c2ccc(CCCCCC)cc2)c2cc4c(cc2-3)C(c2ccc(CCCCCC)cc2)(c2ccc(CCCCCC)cc2)c2cccc3c(C#Cc5ccc(-c6ccc(C(=O)O)cc6)c6nsnc56)c5ccccc5c-4c23)cc1. The van der Waals surface area contributed by atoms with Crippen molar-refractivity contribution in [3.63, 3.8) is 0 Å². The lowest BCUT2D eigenvalue weighted by Crippen LogP contribution is -2.37. The van der Waals surface area contributed by atoms with Gasteiger partial charge in [-0.2, -0.15) is 8.75 Å². The van der Waals surface area contributed by atoms with Crippen molar-refractivity contribution < 1.29 is 19.4 Å². The summed E-state index contributed by atoms with van der Waals surface area (Å²) in [6, 6.07) is 108. The lowest BCUT2D eigenvalue weighted by Gasteiger charge is -2.47. The Morgan fingerprint density at radius 1 is 0.344 bits per heavy atom. The molecule has 1 N–H and O–H groups in total. The molecule has 0 spiro atoms. The van der Waals surface area contributed by atoms with Gasteiger partial charge >= 0.3 is 5.97 Å². The van der Waals surface area contributed by atoms with Crippen molar-refractivity contribution in [2.75, 3.05) is 18.1 Å². The summed E-state index contributed by atoms with van der Waals surface area (Å²) in [6.45, 7) is 15.1. The maximum atomic E-state index is 12.1. The molecule has 0 atom stereocenters. The largest absolute Gasteiger partial charge is 0.494 e. The zero-order valence-corrected chi connectivity index (χ0v) is 78.5. The van der Waals surface area contributed by atoms with Crippen LogP contribution in [0.2, 0.25) is 0 Å². The number of nitrogens with zero attached hydrogens (tertiary/aromatic N) is 3. The van der Waals surface area contributed by atoms with Crippen LogP contribution < -0.4 is 14.4 Å². The van der Waals surface area contributed by atoms with E-state index >= 15 is 0 Å². The maximum absolute atomic E-state index is 12.1. The summed E-state index contributed by atoms with van der Waals surface area (Å²) in [5, 5.41) is 19.1. The first-order valence-corrected chi connectivity index (χ1v) is 50.2. The molecule has 0 bridgehead atoms. The predicted molar refractivity (Wildman–Crippen MR) is 552 cm³/mol. The van der Waals surface area contributed by atoms with Crippen molar-refractivity contribution in [1.82, 2.24) is 8.75 Å². The molecule has 0 saturated heterocycles. The molecule has 0 radical (unpaired) electrons. The Morgan fingerprint density at radius 3 is 1.15 bits per heavy atom. The molecular formula is C123H125N3O4S. The molecule has 8 heteroatoms. The number of unbranched alkanes of at least 4 members (excludes halogenated alkanes) is 18. The zero-order chi connectivity index (χ0) is 89.6. The summed E-state index contributed by atoms with van der Waals surface area (Å²) in [6.07, 6.45) is 32.2. The van der Waals surface area contributed by atoms with E-state index in [1.54, 1.807) is 12.1 Å². The molecule has 18 rings (SSSR count). The van der Waals surface area contributed by atoms with Crippen LogP contribution in [0.5, 0.6) is 11.5 Å². The Balaban J connectivity index is 0.969. The minimum absolute atomic E-state index is 0.231. The van der Waals surface area contributed by atoms with E-state index in [2.05, 4.69) is 313 Å². The highest BCUT2D eigenvalue weighted by Crippen LogP contribution is 2.65. The fourth-order valence-corrected chi connectivity index (χ4v) is 22.1. The monoisotopic (exact) mass is 1740 g/mol. The maximum Gasteiger partial charge on any atom is 0.335 e. The highest BCUT2D eigenvalue weighted by Gasteiger charge is 2.51. The fourth-order valence-electron chi connectivity index (χ4n) is 21.6. The zero-order valence-electron chi connectivity index (χ0n) is 77.7. The van der Waals surface area contributed by atoms with E-state index in [4.69, 9.17) is 18.2 Å². The van der Waals surface area contributed by atoms with E-state index in [1.807, 2.05) is 12.1 Å². The van der Waals surface area contributed by atoms with Crippen molar-refractivity contribution >= 4 is 88.9 Å².